The van der Waals surface area contributed by atoms with Gasteiger partial charge in [0.15, 0.2) is 0 Å². The minimum absolute atomic E-state index is 0.207. The molecule has 0 aromatic heterocycles. The minimum Gasteiger partial charge on any atom is -0.376 e. The van der Waals surface area contributed by atoms with E-state index >= 15 is 0 Å². The Kier molecular flexibility index (Phi) is 3.23. The lowest BCUT2D eigenvalue weighted by Gasteiger charge is -2.28. The summed E-state index contributed by atoms with van der Waals surface area (Å²) in [5.41, 5.74) is -0.246. The van der Waals surface area contributed by atoms with E-state index in [-0.39, 0.29) is 11.5 Å². The van der Waals surface area contributed by atoms with E-state index in [0.29, 0.717) is 0 Å². The Morgan fingerprint density at radius 1 is 1.67 bits per heavy atom. The van der Waals surface area contributed by atoms with Gasteiger partial charge in [-0.3, -0.25) is 0 Å². The number of hydrogen-bond donors (Lipinski definition) is 1. The highest BCUT2D eigenvalue weighted by molar-refractivity contribution is 5.57. The van der Waals surface area contributed by atoms with Crippen LogP contribution in [0.1, 0.15) is 20.3 Å². The van der Waals surface area contributed by atoms with Gasteiger partial charge in [-0.05, 0) is 6.42 Å². The van der Waals surface area contributed by atoms with E-state index in [0.717, 1.165) is 32.4 Å². The third-order valence-corrected chi connectivity index (χ3v) is 2.08. The van der Waals surface area contributed by atoms with Gasteiger partial charge in [0.05, 0.1) is 12.7 Å². The number of ether oxygens (including phenoxy) is 1. The summed E-state index contributed by atoms with van der Waals surface area (Å²) in [5, 5.41) is 3.24. The summed E-state index contributed by atoms with van der Waals surface area (Å²) in [6, 6.07) is 0. The predicted octanol–water partition coefficient (Wildman–Crippen LogP) is 0.590. The molecule has 0 aromatic rings. The molecule has 0 bridgehead atoms. The molecule has 1 N–H and O–H groups in total. The van der Waals surface area contributed by atoms with Crippen molar-refractivity contribution in [3.63, 3.8) is 0 Å². The molecule has 0 spiro atoms. The third kappa shape index (κ3) is 2.91. The molecular weight excluding hydrogens is 154 g/mol. The largest absolute Gasteiger partial charge is 0.376 e. The van der Waals surface area contributed by atoms with Gasteiger partial charge in [0, 0.05) is 18.5 Å². The molecule has 1 atom stereocenters. The van der Waals surface area contributed by atoms with Crippen LogP contribution in [0.15, 0.2) is 0 Å². The first-order valence-electron chi connectivity index (χ1n) is 4.43. The first-order chi connectivity index (χ1) is 5.64. The van der Waals surface area contributed by atoms with Crippen LogP contribution in [0, 0.1) is 5.41 Å². The van der Waals surface area contributed by atoms with E-state index in [4.69, 9.17) is 4.74 Å². The molecule has 1 fully saturated rings. The standard InChI is InChI=1S/C9H17NO2/c1-9(2,7-11)5-8-6-10-3-4-12-8/h7-8,10H,3-6H2,1-2H3. The van der Waals surface area contributed by atoms with Gasteiger partial charge in [-0.2, -0.15) is 0 Å². The highest BCUT2D eigenvalue weighted by Crippen LogP contribution is 2.21. The van der Waals surface area contributed by atoms with Crippen molar-refractivity contribution in [2.75, 3.05) is 19.7 Å². The fourth-order valence-electron chi connectivity index (χ4n) is 1.39. The maximum absolute atomic E-state index is 10.6. The van der Waals surface area contributed by atoms with Crippen LogP contribution in [0.4, 0.5) is 0 Å². The summed E-state index contributed by atoms with van der Waals surface area (Å²) in [6.45, 7) is 6.45. The molecule has 0 saturated carbocycles. The summed E-state index contributed by atoms with van der Waals surface area (Å²) in [5.74, 6) is 0. The molecule has 0 aliphatic carbocycles. The molecule has 0 aromatic carbocycles. The second kappa shape index (κ2) is 4.01. The average molecular weight is 171 g/mol. The predicted molar refractivity (Wildman–Crippen MR) is 47.1 cm³/mol. The van der Waals surface area contributed by atoms with E-state index < -0.39 is 0 Å². The molecular formula is C9H17NO2. The maximum Gasteiger partial charge on any atom is 0.125 e. The molecule has 1 rings (SSSR count). The first-order valence-corrected chi connectivity index (χ1v) is 4.43. The lowest BCUT2D eigenvalue weighted by Crippen LogP contribution is -2.41. The van der Waals surface area contributed by atoms with Crippen molar-refractivity contribution in [3.8, 4) is 0 Å². The summed E-state index contributed by atoms with van der Waals surface area (Å²) in [4.78, 5) is 10.6. The second-order valence-corrected chi connectivity index (χ2v) is 4.01. The lowest BCUT2D eigenvalue weighted by molar-refractivity contribution is -0.117. The summed E-state index contributed by atoms with van der Waals surface area (Å²) in [7, 11) is 0. The quantitative estimate of drug-likeness (QED) is 0.632. The smallest absolute Gasteiger partial charge is 0.125 e. The fourth-order valence-corrected chi connectivity index (χ4v) is 1.39. The zero-order valence-corrected chi connectivity index (χ0v) is 7.80. The number of hydrogen-bond acceptors (Lipinski definition) is 3. The maximum atomic E-state index is 10.6. The zero-order chi connectivity index (χ0) is 9.03. The molecule has 70 valence electrons. The monoisotopic (exact) mass is 171 g/mol. The van der Waals surface area contributed by atoms with Crippen LogP contribution in [0.3, 0.4) is 0 Å². The number of carbonyl (C=O) groups excluding carboxylic acids is 1. The lowest BCUT2D eigenvalue weighted by atomic mass is 9.88. The molecule has 1 unspecified atom stereocenters. The molecule has 1 saturated heterocycles. The number of carbonyl (C=O) groups is 1. The Morgan fingerprint density at radius 2 is 2.42 bits per heavy atom. The number of aldehydes is 1. The average Bonchev–Trinajstić information content (AvgIpc) is 2.06. The van der Waals surface area contributed by atoms with Crippen LogP contribution >= 0.6 is 0 Å². The molecule has 3 nitrogen and oxygen atoms in total. The van der Waals surface area contributed by atoms with Gasteiger partial charge in [-0.1, -0.05) is 13.8 Å². The highest BCUT2D eigenvalue weighted by atomic mass is 16.5. The van der Waals surface area contributed by atoms with Gasteiger partial charge >= 0.3 is 0 Å². The topological polar surface area (TPSA) is 38.3 Å². The molecule has 0 amide bonds. The molecule has 12 heavy (non-hydrogen) atoms. The summed E-state index contributed by atoms with van der Waals surface area (Å²) >= 11 is 0. The van der Waals surface area contributed by atoms with Crippen LogP contribution in [0.5, 0.6) is 0 Å². The normalized spacial score (nSPS) is 25.3. The first kappa shape index (κ1) is 9.68. The van der Waals surface area contributed by atoms with E-state index in [1.165, 1.54) is 0 Å². The third-order valence-electron chi connectivity index (χ3n) is 2.08. The number of rotatable bonds is 3. The second-order valence-electron chi connectivity index (χ2n) is 4.01. The van der Waals surface area contributed by atoms with E-state index in [2.05, 4.69) is 5.32 Å². The molecule has 3 heteroatoms. The van der Waals surface area contributed by atoms with Crippen molar-refractivity contribution in [2.24, 2.45) is 5.41 Å². The minimum atomic E-state index is -0.246. The fraction of sp³-hybridized carbons (Fsp3) is 0.889. The summed E-state index contributed by atoms with van der Waals surface area (Å²) < 4.78 is 5.49. The Bertz CT molecular complexity index is 151. The van der Waals surface area contributed by atoms with Crippen molar-refractivity contribution in [1.82, 2.24) is 5.32 Å². The van der Waals surface area contributed by atoms with Gasteiger partial charge in [0.25, 0.3) is 0 Å². The van der Waals surface area contributed by atoms with Crippen LogP contribution in [-0.2, 0) is 9.53 Å². The van der Waals surface area contributed by atoms with E-state index in [1.54, 1.807) is 0 Å². The zero-order valence-electron chi connectivity index (χ0n) is 7.80. The van der Waals surface area contributed by atoms with Crippen molar-refractivity contribution in [2.45, 2.75) is 26.4 Å². The highest BCUT2D eigenvalue weighted by Gasteiger charge is 2.24. The van der Waals surface area contributed by atoms with Crippen LogP contribution in [0.25, 0.3) is 0 Å². The van der Waals surface area contributed by atoms with Gasteiger partial charge in [0.1, 0.15) is 6.29 Å². The van der Waals surface area contributed by atoms with Gasteiger partial charge in [0.2, 0.25) is 0 Å². The SMILES string of the molecule is CC(C)(C=O)CC1CNCCO1. The van der Waals surface area contributed by atoms with Crippen LogP contribution < -0.4 is 5.32 Å². The van der Waals surface area contributed by atoms with Crippen molar-refractivity contribution in [1.29, 1.82) is 0 Å². The Labute approximate surface area is 73.5 Å². The van der Waals surface area contributed by atoms with Gasteiger partial charge in [-0.25, -0.2) is 0 Å². The summed E-state index contributed by atoms with van der Waals surface area (Å²) in [6.07, 6.45) is 2.02. The molecule has 1 heterocycles. The molecule has 1 aliphatic rings. The molecule has 0 radical (unpaired) electrons. The number of nitrogens with one attached hydrogen (secondary N) is 1. The van der Waals surface area contributed by atoms with Crippen molar-refractivity contribution in [3.05, 3.63) is 0 Å². The van der Waals surface area contributed by atoms with Crippen LogP contribution in [0.2, 0.25) is 0 Å². The van der Waals surface area contributed by atoms with Gasteiger partial charge in [-0.15, -0.1) is 0 Å². The Balaban J connectivity index is 2.33. The Morgan fingerprint density at radius 3 is 2.92 bits per heavy atom. The van der Waals surface area contributed by atoms with Crippen molar-refractivity contribution < 1.29 is 9.53 Å². The number of morpholine rings is 1. The van der Waals surface area contributed by atoms with Gasteiger partial charge < -0.3 is 14.8 Å². The van der Waals surface area contributed by atoms with Crippen molar-refractivity contribution >= 4 is 6.29 Å². The Hall–Kier alpha value is -0.410. The molecule has 1 aliphatic heterocycles. The van der Waals surface area contributed by atoms with E-state index in [9.17, 15) is 4.79 Å². The van der Waals surface area contributed by atoms with Crippen LogP contribution in [-0.4, -0.2) is 32.1 Å². The van der Waals surface area contributed by atoms with E-state index in [1.807, 2.05) is 13.8 Å².